The molecule has 0 amide bonds. The average Bonchev–Trinajstić information content (AvgIpc) is 2.61. The molecule has 0 aliphatic rings. The lowest BCUT2D eigenvalue weighted by molar-refractivity contribution is 0.143. The van der Waals surface area contributed by atoms with Crippen LogP contribution in [-0.2, 0) is 4.74 Å². The van der Waals surface area contributed by atoms with Gasteiger partial charge < -0.3 is 15.2 Å². The molecule has 7 heteroatoms. The van der Waals surface area contributed by atoms with Crippen LogP contribution < -0.4 is 10.5 Å². The van der Waals surface area contributed by atoms with Gasteiger partial charge in [0.1, 0.15) is 6.61 Å². The number of ether oxygens (including phenoxy) is 2. The molecule has 15 heavy (non-hydrogen) atoms. The molecule has 0 bridgehead atoms. The van der Waals surface area contributed by atoms with Crippen molar-refractivity contribution in [3.8, 4) is 5.88 Å². The Bertz CT molecular complexity index is 455. The first-order valence-corrected chi connectivity index (χ1v) is 4.41. The fourth-order valence-corrected chi connectivity index (χ4v) is 1.10. The molecule has 7 nitrogen and oxygen atoms in total. The number of methoxy groups -OCH3 is 1. The summed E-state index contributed by atoms with van der Waals surface area (Å²) in [4.78, 5) is 0. The summed E-state index contributed by atoms with van der Waals surface area (Å²) in [5.41, 5.74) is 6.14. The molecule has 2 rings (SSSR count). The molecule has 0 unspecified atom stereocenters. The zero-order valence-electron chi connectivity index (χ0n) is 8.25. The lowest BCUT2D eigenvalue weighted by atomic mass is 10.5. The molecule has 0 radical (unpaired) electrons. The van der Waals surface area contributed by atoms with Crippen LogP contribution in [0.4, 0.5) is 5.95 Å². The van der Waals surface area contributed by atoms with Crippen LogP contribution in [0.3, 0.4) is 0 Å². The van der Waals surface area contributed by atoms with Gasteiger partial charge in [0.25, 0.3) is 0 Å². The third kappa shape index (κ3) is 1.96. The highest BCUT2D eigenvalue weighted by Gasteiger charge is 2.04. The summed E-state index contributed by atoms with van der Waals surface area (Å²) in [6.07, 6.45) is 0. The highest BCUT2D eigenvalue weighted by atomic mass is 16.5. The van der Waals surface area contributed by atoms with Crippen molar-refractivity contribution in [3.63, 3.8) is 0 Å². The van der Waals surface area contributed by atoms with E-state index >= 15 is 0 Å². The summed E-state index contributed by atoms with van der Waals surface area (Å²) in [7, 11) is 1.61. The van der Waals surface area contributed by atoms with Gasteiger partial charge in [-0.05, 0) is 6.07 Å². The largest absolute Gasteiger partial charge is 0.474 e. The minimum absolute atomic E-state index is 0.238. The van der Waals surface area contributed by atoms with Gasteiger partial charge in [0.05, 0.1) is 6.61 Å². The van der Waals surface area contributed by atoms with Crippen molar-refractivity contribution in [2.45, 2.75) is 0 Å². The van der Waals surface area contributed by atoms with Crippen molar-refractivity contribution >= 4 is 11.6 Å². The van der Waals surface area contributed by atoms with Crippen molar-refractivity contribution in [2.75, 3.05) is 26.1 Å². The van der Waals surface area contributed by atoms with E-state index < -0.39 is 0 Å². The van der Waals surface area contributed by atoms with E-state index in [2.05, 4.69) is 15.3 Å². The van der Waals surface area contributed by atoms with E-state index in [9.17, 15) is 0 Å². The molecule has 2 aromatic heterocycles. The van der Waals surface area contributed by atoms with Crippen LogP contribution in [0.15, 0.2) is 12.1 Å². The SMILES string of the molecule is COCCOc1ccc2nnc(N)n2n1. The molecule has 2 heterocycles. The summed E-state index contributed by atoms with van der Waals surface area (Å²) in [6, 6.07) is 3.44. The first kappa shape index (κ1) is 9.66. The molecule has 0 aliphatic heterocycles. The summed E-state index contributed by atoms with van der Waals surface area (Å²) in [6.45, 7) is 0.953. The van der Waals surface area contributed by atoms with Crippen molar-refractivity contribution in [1.82, 2.24) is 19.8 Å². The van der Waals surface area contributed by atoms with Crippen LogP contribution in [-0.4, -0.2) is 40.1 Å². The standard InChI is InChI=1S/C8H11N5O2/c1-14-4-5-15-7-3-2-6-10-11-8(9)13(6)12-7/h2-3H,4-5H2,1H3,(H2,9,11). The molecule has 2 aromatic rings. The summed E-state index contributed by atoms with van der Waals surface area (Å²) >= 11 is 0. The quantitative estimate of drug-likeness (QED) is 0.697. The van der Waals surface area contributed by atoms with Gasteiger partial charge in [-0.1, -0.05) is 0 Å². The monoisotopic (exact) mass is 209 g/mol. The second-order valence-corrected chi connectivity index (χ2v) is 2.84. The van der Waals surface area contributed by atoms with Crippen LogP contribution in [0.25, 0.3) is 5.65 Å². The Morgan fingerprint density at radius 3 is 3.00 bits per heavy atom. The molecule has 80 valence electrons. The molecule has 0 aromatic carbocycles. The minimum Gasteiger partial charge on any atom is -0.474 e. The predicted molar refractivity (Wildman–Crippen MR) is 52.6 cm³/mol. The number of nitrogens with zero attached hydrogens (tertiary/aromatic N) is 4. The second-order valence-electron chi connectivity index (χ2n) is 2.84. The van der Waals surface area contributed by atoms with Gasteiger partial charge in [-0.25, -0.2) is 0 Å². The molecule has 0 fully saturated rings. The van der Waals surface area contributed by atoms with Crippen LogP contribution in [0.2, 0.25) is 0 Å². The fraction of sp³-hybridized carbons (Fsp3) is 0.375. The van der Waals surface area contributed by atoms with Gasteiger partial charge in [0.15, 0.2) is 5.65 Å². The van der Waals surface area contributed by atoms with E-state index in [-0.39, 0.29) is 5.95 Å². The number of nitrogen functional groups attached to an aromatic ring is 1. The zero-order chi connectivity index (χ0) is 10.7. The number of anilines is 1. The molecular weight excluding hydrogens is 198 g/mol. The molecular formula is C8H11N5O2. The van der Waals surface area contributed by atoms with Gasteiger partial charge in [-0.15, -0.1) is 15.3 Å². The van der Waals surface area contributed by atoms with Crippen LogP contribution in [0, 0.1) is 0 Å². The zero-order valence-corrected chi connectivity index (χ0v) is 8.25. The van der Waals surface area contributed by atoms with Crippen molar-refractivity contribution in [1.29, 1.82) is 0 Å². The third-order valence-electron chi connectivity index (χ3n) is 1.80. The van der Waals surface area contributed by atoms with Gasteiger partial charge in [0.2, 0.25) is 11.8 Å². The highest BCUT2D eigenvalue weighted by molar-refractivity contribution is 5.42. The summed E-state index contributed by atoms with van der Waals surface area (Å²) < 4.78 is 11.6. The van der Waals surface area contributed by atoms with E-state index in [1.54, 1.807) is 19.2 Å². The van der Waals surface area contributed by atoms with Crippen LogP contribution in [0.5, 0.6) is 5.88 Å². The van der Waals surface area contributed by atoms with Gasteiger partial charge in [0, 0.05) is 13.2 Å². The predicted octanol–water partition coefficient (Wildman–Crippen LogP) is -0.268. The molecule has 0 saturated carbocycles. The Labute approximate surface area is 85.8 Å². The Kier molecular flexibility index (Phi) is 2.64. The van der Waals surface area contributed by atoms with Gasteiger partial charge in [-0.2, -0.15) is 4.52 Å². The number of hydrogen-bond donors (Lipinski definition) is 1. The Balaban J connectivity index is 2.18. The van der Waals surface area contributed by atoms with Crippen LogP contribution >= 0.6 is 0 Å². The molecule has 0 aliphatic carbocycles. The average molecular weight is 209 g/mol. The van der Waals surface area contributed by atoms with E-state index in [1.807, 2.05) is 0 Å². The Hall–Kier alpha value is -1.89. The van der Waals surface area contributed by atoms with Gasteiger partial charge in [-0.3, -0.25) is 0 Å². The highest BCUT2D eigenvalue weighted by Crippen LogP contribution is 2.09. The molecule has 0 saturated heterocycles. The van der Waals surface area contributed by atoms with Gasteiger partial charge >= 0.3 is 0 Å². The van der Waals surface area contributed by atoms with Crippen molar-refractivity contribution in [2.24, 2.45) is 0 Å². The van der Waals surface area contributed by atoms with Crippen molar-refractivity contribution < 1.29 is 9.47 Å². The maximum Gasteiger partial charge on any atom is 0.243 e. The number of aromatic nitrogens is 4. The summed E-state index contributed by atoms with van der Waals surface area (Å²) in [5, 5.41) is 11.6. The Morgan fingerprint density at radius 1 is 1.33 bits per heavy atom. The minimum atomic E-state index is 0.238. The van der Waals surface area contributed by atoms with Crippen molar-refractivity contribution in [3.05, 3.63) is 12.1 Å². The number of rotatable bonds is 4. The molecule has 2 N–H and O–H groups in total. The third-order valence-corrected chi connectivity index (χ3v) is 1.80. The fourth-order valence-electron chi connectivity index (χ4n) is 1.10. The normalized spacial score (nSPS) is 10.7. The summed E-state index contributed by atoms with van der Waals surface area (Å²) in [5.74, 6) is 0.702. The lowest BCUT2D eigenvalue weighted by Crippen LogP contribution is -2.07. The molecule has 0 atom stereocenters. The first-order valence-electron chi connectivity index (χ1n) is 4.41. The van der Waals surface area contributed by atoms with E-state index in [1.165, 1.54) is 4.52 Å². The van der Waals surface area contributed by atoms with E-state index in [0.29, 0.717) is 24.7 Å². The van der Waals surface area contributed by atoms with E-state index in [4.69, 9.17) is 15.2 Å². The maximum atomic E-state index is 5.55. The Morgan fingerprint density at radius 2 is 2.20 bits per heavy atom. The lowest BCUT2D eigenvalue weighted by Gasteiger charge is -2.03. The maximum absolute atomic E-state index is 5.55. The van der Waals surface area contributed by atoms with Crippen LogP contribution in [0.1, 0.15) is 0 Å². The first-order chi connectivity index (χ1) is 7.31. The second kappa shape index (κ2) is 4.09. The van der Waals surface area contributed by atoms with E-state index in [0.717, 1.165) is 0 Å². The molecule has 0 spiro atoms. The number of nitrogens with two attached hydrogens (primary N) is 1. The smallest absolute Gasteiger partial charge is 0.243 e. The number of fused-ring (bicyclic) bond motifs is 1. The topological polar surface area (TPSA) is 87.6 Å². The number of hydrogen-bond acceptors (Lipinski definition) is 6.